The number of ether oxygens (including phenoxy) is 2. The fourth-order valence-corrected chi connectivity index (χ4v) is 3.54. The van der Waals surface area contributed by atoms with Crippen LogP contribution in [0, 0.1) is 0 Å². The lowest BCUT2D eigenvalue weighted by atomic mass is 9.98. The number of carbonyl (C=O) groups is 3. The van der Waals surface area contributed by atoms with E-state index in [1.165, 1.54) is 24.3 Å². The smallest absolute Gasteiger partial charge is 0.338 e. The molecular weight excluding hydrogens is 484 g/mol. The van der Waals surface area contributed by atoms with Crippen molar-refractivity contribution >= 4 is 49.6 Å². The van der Waals surface area contributed by atoms with E-state index in [4.69, 9.17) is 9.47 Å². The molecule has 0 amide bonds. The van der Waals surface area contributed by atoms with Crippen LogP contribution in [0.1, 0.15) is 50.5 Å². The second-order valence-electron chi connectivity index (χ2n) is 5.35. The summed E-state index contributed by atoms with van der Waals surface area (Å²) in [6.45, 7) is 3.59. The summed E-state index contributed by atoms with van der Waals surface area (Å²) in [6.07, 6.45) is 0. The van der Waals surface area contributed by atoms with E-state index in [-0.39, 0.29) is 41.2 Å². The van der Waals surface area contributed by atoms with E-state index in [2.05, 4.69) is 31.9 Å². The molecule has 0 spiro atoms. The Bertz CT molecular complexity index is 871. The molecule has 1 N–H and O–H groups in total. The summed E-state index contributed by atoms with van der Waals surface area (Å²) in [5.74, 6) is -2.15. The van der Waals surface area contributed by atoms with Gasteiger partial charge in [0.1, 0.15) is 5.75 Å². The topological polar surface area (TPSA) is 89.9 Å². The van der Waals surface area contributed by atoms with E-state index in [0.717, 1.165) is 0 Å². The van der Waals surface area contributed by atoms with Gasteiger partial charge in [0.15, 0.2) is 5.78 Å². The fourth-order valence-electron chi connectivity index (χ4n) is 2.32. The predicted molar refractivity (Wildman–Crippen MR) is 105 cm³/mol. The highest BCUT2D eigenvalue weighted by Crippen LogP contribution is 2.33. The van der Waals surface area contributed by atoms with Crippen molar-refractivity contribution in [3.05, 3.63) is 61.5 Å². The SMILES string of the molecule is CCOC(=O)c1cc(C(=O)OCC)cc(C(=O)c2cc(Br)cc(Br)c2O)c1. The Balaban J connectivity index is 2.59. The van der Waals surface area contributed by atoms with Crippen LogP contribution in [0.4, 0.5) is 0 Å². The monoisotopic (exact) mass is 498 g/mol. The highest BCUT2D eigenvalue weighted by atomic mass is 79.9. The minimum Gasteiger partial charge on any atom is -0.506 e. The zero-order valence-corrected chi connectivity index (χ0v) is 17.7. The van der Waals surface area contributed by atoms with Gasteiger partial charge in [-0.25, -0.2) is 9.59 Å². The molecule has 0 fully saturated rings. The molecule has 2 rings (SSSR count). The molecule has 0 aliphatic carbocycles. The highest BCUT2D eigenvalue weighted by molar-refractivity contribution is 9.11. The van der Waals surface area contributed by atoms with Crippen LogP contribution in [-0.4, -0.2) is 36.0 Å². The standard InChI is InChI=1S/C19H16Br2O6/c1-3-26-18(24)11-5-10(6-12(7-11)19(25)27-4-2)16(22)14-8-13(20)9-15(21)17(14)23/h5-9,23H,3-4H2,1-2H3. The first-order valence-corrected chi connectivity index (χ1v) is 9.59. The summed E-state index contributed by atoms with van der Waals surface area (Å²) >= 11 is 6.44. The Hall–Kier alpha value is -2.19. The zero-order chi connectivity index (χ0) is 20.1. The van der Waals surface area contributed by atoms with E-state index in [9.17, 15) is 19.5 Å². The molecular formula is C19H16Br2O6. The highest BCUT2D eigenvalue weighted by Gasteiger charge is 2.21. The van der Waals surface area contributed by atoms with E-state index in [1.807, 2.05) is 0 Å². The van der Waals surface area contributed by atoms with Crippen LogP contribution in [0.2, 0.25) is 0 Å². The molecule has 0 unspecified atom stereocenters. The van der Waals surface area contributed by atoms with E-state index in [0.29, 0.717) is 8.95 Å². The summed E-state index contributed by atoms with van der Waals surface area (Å²) in [6, 6.07) is 6.98. The second kappa shape index (κ2) is 9.14. The summed E-state index contributed by atoms with van der Waals surface area (Å²) in [7, 11) is 0. The maximum Gasteiger partial charge on any atom is 0.338 e. The van der Waals surface area contributed by atoms with Gasteiger partial charge in [0.2, 0.25) is 0 Å². The normalized spacial score (nSPS) is 10.4. The van der Waals surface area contributed by atoms with Crippen molar-refractivity contribution in [3.63, 3.8) is 0 Å². The maximum absolute atomic E-state index is 12.9. The van der Waals surface area contributed by atoms with Crippen molar-refractivity contribution in [1.29, 1.82) is 0 Å². The maximum atomic E-state index is 12.9. The van der Waals surface area contributed by atoms with Gasteiger partial charge in [0.25, 0.3) is 0 Å². The third-order valence-corrected chi connectivity index (χ3v) is 4.55. The van der Waals surface area contributed by atoms with Gasteiger partial charge in [-0.3, -0.25) is 4.79 Å². The molecule has 0 aliphatic heterocycles. The second-order valence-corrected chi connectivity index (χ2v) is 7.12. The Morgan fingerprint density at radius 2 is 1.33 bits per heavy atom. The van der Waals surface area contributed by atoms with Crippen LogP contribution in [-0.2, 0) is 9.47 Å². The van der Waals surface area contributed by atoms with E-state index >= 15 is 0 Å². The Morgan fingerprint density at radius 3 is 1.81 bits per heavy atom. The first kappa shape index (κ1) is 21.1. The van der Waals surface area contributed by atoms with Crippen molar-refractivity contribution in [2.75, 3.05) is 13.2 Å². The molecule has 142 valence electrons. The number of carbonyl (C=O) groups excluding carboxylic acids is 3. The lowest BCUT2D eigenvalue weighted by molar-refractivity contribution is 0.0525. The molecule has 0 bridgehead atoms. The average molecular weight is 500 g/mol. The third-order valence-electron chi connectivity index (χ3n) is 3.49. The lowest BCUT2D eigenvalue weighted by Gasteiger charge is -2.10. The van der Waals surface area contributed by atoms with Gasteiger partial charge in [-0.1, -0.05) is 15.9 Å². The van der Waals surface area contributed by atoms with Gasteiger partial charge in [0, 0.05) is 10.0 Å². The number of hydrogen-bond donors (Lipinski definition) is 1. The van der Waals surface area contributed by atoms with Gasteiger partial charge in [-0.2, -0.15) is 0 Å². The molecule has 6 nitrogen and oxygen atoms in total. The number of aromatic hydroxyl groups is 1. The van der Waals surface area contributed by atoms with Gasteiger partial charge >= 0.3 is 11.9 Å². The van der Waals surface area contributed by atoms with Crippen molar-refractivity contribution in [3.8, 4) is 5.75 Å². The third kappa shape index (κ3) is 4.95. The van der Waals surface area contributed by atoms with Gasteiger partial charge in [-0.15, -0.1) is 0 Å². The van der Waals surface area contributed by atoms with Gasteiger partial charge in [-0.05, 0) is 60.1 Å². The van der Waals surface area contributed by atoms with Crippen LogP contribution in [0.5, 0.6) is 5.75 Å². The van der Waals surface area contributed by atoms with Crippen LogP contribution in [0.25, 0.3) is 0 Å². The minimum absolute atomic E-state index is 0.00654. The molecule has 0 atom stereocenters. The minimum atomic E-state index is -0.669. The molecule has 2 aromatic carbocycles. The molecule has 0 radical (unpaired) electrons. The number of esters is 2. The van der Waals surface area contributed by atoms with Crippen LogP contribution in [0.3, 0.4) is 0 Å². The van der Waals surface area contributed by atoms with E-state index < -0.39 is 17.7 Å². The molecule has 27 heavy (non-hydrogen) atoms. The van der Waals surface area contributed by atoms with Gasteiger partial charge in [0.05, 0.1) is 34.4 Å². The zero-order valence-electron chi connectivity index (χ0n) is 14.5. The van der Waals surface area contributed by atoms with Crippen molar-refractivity contribution in [1.82, 2.24) is 0 Å². The van der Waals surface area contributed by atoms with Gasteiger partial charge < -0.3 is 14.6 Å². The molecule has 2 aromatic rings. The average Bonchev–Trinajstić information content (AvgIpc) is 2.64. The lowest BCUT2D eigenvalue weighted by Crippen LogP contribution is -2.12. The van der Waals surface area contributed by atoms with Crippen molar-refractivity contribution in [2.45, 2.75) is 13.8 Å². The van der Waals surface area contributed by atoms with E-state index in [1.54, 1.807) is 19.9 Å². The first-order valence-electron chi connectivity index (χ1n) is 8.00. The number of halogens is 2. The Kier molecular flexibility index (Phi) is 7.15. The molecule has 8 heteroatoms. The Labute approximate surface area is 172 Å². The van der Waals surface area contributed by atoms with Crippen LogP contribution in [0.15, 0.2) is 39.3 Å². The summed E-state index contributed by atoms with van der Waals surface area (Å²) in [5.41, 5.74) is 0.134. The molecule has 0 saturated heterocycles. The van der Waals surface area contributed by atoms with Crippen molar-refractivity contribution < 1.29 is 29.0 Å². The number of benzene rings is 2. The first-order chi connectivity index (χ1) is 12.8. The largest absolute Gasteiger partial charge is 0.506 e. The molecule has 0 saturated carbocycles. The number of hydrogen-bond acceptors (Lipinski definition) is 6. The summed E-state index contributed by atoms with van der Waals surface area (Å²) < 4.78 is 10.8. The molecule has 0 heterocycles. The summed E-state index contributed by atoms with van der Waals surface area (Å²) in [5, 5.41) is 10.2. The number of phenolic OH excluding ortho intramolecular Hbond substituents is 1. The molecule has 0 aliphatic rings. The van der Waals surface area contributed by atoms with Crippen LogP contribution < -0.4 is 0 Å². The quantitative estimate of drug-likeness (QED) is 0.464. The number of phenols is 1. The number of ketones is 1. The Morgan fingerprint density at radius 1 is 0.852 bits per heavy atom. The summed E-state index contributed by atoms with van der Waals surface area (Å²) in [4.78, 5) is 37.2. The van der Waals surface area contributed by atoms with Crippen LogP contribution >= 0.6 is 31.9 Å². The predicted octanol–water partition coefficient (Wildman–Crippen LogP) is 4.50. The number of rotatable bonds is 6. The fraction of sp³-hybridized carbons (Fsp3) is 0.211. The van der Waals surface area contributed by atoms with Crippen molar-refractivity contribution in [2.24, 2.45) is 0 Å². The molecule has 0 aromatic heterocycles.